The zero-order chi connectivity index (χ0) is 17.6. The minimum absolute atomic E-state index is 0.120. The summed E-state index contributed by atoms with van der Waals surface area (Å²) < 4.78 is 18.5. The van der Waals surface area contributed by atoms with Crippen LogP contribution in [0.25, 0.3) is 0 Å². The molecule has 1 unspecified atom stereocenters. The number of urea groups is 1. The molecule has 1 aromatic heterocycles. The highest BCUT2D eigenvalue weighted by molar-refractivity contribution is 6.30. The third-order valence-electron chi connectivity index (χ3n) is 3.89. The lowest BCUT2D eigenvalue weighted by Gasteiger charge is -2.32. The molecule has 2 aromatic rings. The van der Waals surface area contributed by atoms with Crippen molar-refractivity contribution in [3.63, 3.8) is 0 Å². The lowest BCUT2D eigenvalue weighted by atomic mass is 10.1. The number of nitrogens with zero attached hydrogens (tertiary/aromatic N) is 3. The summed E-state index contributed by atoms with van der Waals surface area (Å²) in [6, 6.07) is 7.29. The first-order chi connectivity index (χ1) is 12.1. The number of hydrogen-bond acceptors (Lipinski definition) is 4. The van der Waals surface area contributed by atoms with E-state index in [9.17, 15) is 9.18 Å². The van der Waals surface area contributed by atoms with Gasteiger partial charge in [-0.05, 0) is 30.5 Å². The van der Waals surface area contributed by atoms with Crippen LogP contribution in [0.15, 0.2) is 36.7 Å². The van der Waals surface area contributed by atoms with Crippen LogP contribution in [0.1, 0.15) is 18.4 Å². The van der Waals surface area contributed by atoms with Crippen molar-refractivity contribution in [3.8, 4) is 6.01 Å². The molecule has 0 bridgehead atoms. The second-order valence-corrected chi connectivity index (χ2v) is 6.23. The monoisotopic (exact) mass is 364 g/mol. The molecule has 1 atom stereocenters. The number of nitrogens with one attached hydrogen (secondary N) is 1. The normalized spacial score (nSPS) is 17.2. The fraction of sp³-hybridized carbons (Fsp3) is 0.353. The molecule has 1 aliphatic rings. The van der Waals surface area contributed by atoms with Gasteiger partial charge in [0.15, 0.2) is 5.82 Å². The van der Waals surface area contributed by atoms with E-state index in [4.69, 9.17) is 16.3 Å². The Bertz CT molecular complexity index is 712. The molecule has 3 rings (SSSR count). The maximum Gasteiger partial charge on any atom is 0.317 e. The maximum absolute atomic E-state index is 12.8. The number of rotatable bonds is 4. The zero-order valence-electron chi connectivity index (χ0n) is 13.5. The number of likely N-dealkylation sites (tertiary alicyclic amines) is 1. The molecular weight excluding hydrogens is 347 g/mol. The lowest BCUT2D eigenvalue weighted by Crippen LogP contribution is -2.48. The molecule has 1 fully saturated rings. The topological polar surface area (TPSA) is 67.4 Å². The third kappa shape index (κ3) is 5.03. The fourth-order valence-corrected chi connectivity index (χ4v) is 2.75. The van der Waals surface area contributed by atoms with Crippen LogP contribution < -0.4 is 10.1 Å². The molecule has 1 saturated heterocycles. The highest BCUT2D eigenvalue weighted by Crippen LogP contribution is 2.16. The molecule has 0 spiro atoms. The van der Waals surface area contributed by atoms with Crippen molar-refractivity contribution < 1.29 is 13.9 Å². The summed E-state index contributed by atoms with van der Waals surface area (Å²) in [5.41, 5.74) is 0.974. The Labute approximate surface area is 150 Å². The van der Waals surface area contributed by atoms with E-state index in [2.05, 4.69) is 15.3 Å². The van der Waals surface area contributed by atoms with E-state index < -0.39 is 5.82 Å². The number of piperidine rings is 1. The van der Waals surface area contributed by atoms with E-state index in [0.29, 0.717) is 24.7 Å². The van der Waals surface area contributed by atoms with E-state index in [1.165, 1.54) is 0 Å². The van der Waals surface area contributed by atoms with Crippen LogP contribution in [0.2, 0.25) is 5.02 Å². The third-order valence-corrected chi connectivity index (χ3v) is 4.14. The van der Waals surface area contributed by atoms with Crippen molar-refractivity contribution in [2.45, 2.75) is 25.5 Å². The second-order valence-electron chi connectivity index (χ2n) is 5.80. The van der Waals surface area contributed by atoms with Gasteiger partial charge in [0, 0.05) is 18.1 Å². The Kier molecular flexibility index (Phi) is 5.65. The Morgan fingerprint density at radius 1 is 1.32 bits per heavy atom. The van der Waals surface area contributed by atoms with Crippen LogP contribution in [0, 0.1) is 5.82 Å². The summed E-state index contributed by atoms with van der Waals surface area (Å²) in [7, 11) is 0. The van der Waals surface area contributed by atoms with Crippen molar-refractivity contribution in [3.05, 3.63) is 53.1 Å². The van der Waals surface area contributed by atoms with Crippen molar-refractivity contribution in [2.24, 2.45) is 0 Å². The van der Waals surface area contributed by atoms with Crippen molar-refractivity contribution in [1.82, 2.24) is 20.2 Å². The van der Waals surface area contributed by atoms with E-state index in [1.807, 2.05) is 12.1 Å². The lowest BCUT2D eigenvalue weighted by molar-refractivity contribution is 0.0936. The summed E-state index contributed by atoms with van der Waals surface area (Å²) in [5, 5.41) is 3.55. The van der Waals surface area contributed by atoms with E-state index in [-0.39, 0.29) is 18.1 Å². The van der Waals surface area contributed by atoms with Crippen LogP contribution in [-0.2, 0) is 6.54 Å². The molecule has 8 heteroatoms. The molecule has 2 heterocycles. The zero-order valence-corrected chi connectivity index (χ0v) is 14.2. The minimum atomic E-state index is -0.515. The van der Waals surface area contributed by atoms with E-state index in [1.54, 1.807) is 17.0 Å². The first-order valence-electron chi connectivity index (χ1n) is 8.01. The molecule has 0 radical (unpaired) electrons. The second kappa shape index (κ2) is 8.11. The average Bonchev–Trinajstić information content (AvgIpc) is 2.63. The van der Waals surface area contributed by atoms with Gasteiger partial charge >= 0.3 is 12.0 Å². The van der Waals surface area contributed by atoms with Gasteiger partial charge in [0.1, 0.15) is 6.10 Å². The number of ether oxygens (including phenoxy) is 1. The van der Waals surface area contributed by atoms with Crippen LogP contribution in [-0.4, -0.2) is 40.1 Å². The largest absolute Gasteiger partial charge is 0.458 e. The Morgan fingerprint density at radius 3 is 2.76 bits per heavy atom. The standard InChI is InChI=1S/C17H18ClFN4O2/c18-13-5-3-12(4-6-13)8-22-17(24)23-7-1-2-15(11-23)25-16-20-9-14(19)10-21-16/h3-6,9-10,15H,1-2,7-8,11H2,(H,22,24). The minimum Gasteiger partial charge on any atom is -0.458 e. The molecule has 132 valence electrons. The quantitative estimate of drug-likeness (QED) is 0.905. The van der Waals surface area contributed by atoms with Gasteiger partial charge in [-0.25, -0.2) is 19.2 Å². The maximum atomic E-state index is 12.8. The number of amides is 2. The number of carbonyl (C=O) groups is 1. The molecule has 6 nitrogen and oxygen atoms in total. The molecular formula is C17H18ClFN4O2. The summed E-state index contributed by atoms with van der Waals surface area (Å²) in [4.78, 5) is 21.6. The van der Waals surface area contributed by atoms with Crippen LogP contribution >= 0.6 is 11.6 Å². The Morgan fingerprint density at radius 2 is 2.04 bits per heavy atom. The van der Waals surface area contributed by atoms with Crippen molar-refractivity contribution >= 4 is 17.6 Å². The van der Waals surface area contributed by atoms with Crippen molar-refractivity contribution in [1.29, 1.82) is 0 Å². The first-order valence-corrected chi connectivity index (χ1v) is 8.39. The van der Waals surface area contributed by atoms with Crippen molar-refractivity contribution in [2.75, 3.05) is 13.1 Å². The van der Waals surface area contributed by atoms with E-state index in [0.717, 1.165) is 30.8 Å². The van der Waals surface area contributed by atoms with Gasteiger partial charge in [0.05, 0.1) is 18.9 Å². The highest BCUT2D eigenvalue weighted by atomic mass is 35.5. The number of benzene rings is 1. The molecule has 2 amide bonds. The Balaban J connectivity index is 1.50. The number of hydrogen-bond donors (Lipinski definition) is 1. The SMILES string of the molecule is O=C(NCc1ccc(Cl)cc1)N1CCCC(Oc2ncc(F)cn2)C1. The predicted octanol–water partition coefficient (Wildman–Crippen LogP) is 3.02. The number of aromatic nitrogens is 2. The smallest absolute Gasteiger partial charge is 0.317 e. The summed E-state index contributed by atoms with van der Waals surface area (Å²) >= 11 is 5.85. The van der Waals surface area contributed by atoms with Gasteiger partial charge in [-0.15, -0.1) is 0 Å². The summed E-state index contributed by atoms with van der Waals surface area (Å²) in [6.45, 7) is 1.53. The summed E-state index contributed by atoms with van der Waals surface area (Å²) in [6.07, 6.45) is 3.52. The van der Waals surface area contributed by atoms with Gasteiger partial charge in [-0.1, -0.05) is 23.7 Å². The molecule has 1 aromatic carbocycles. The van der Waals surface area contributed by atoms with Gasteiger partial charge in [0.25, 0.3) is 0 Å². The van der Waals surface area contributed by atoms with E-state index >= 15 is 0 Å². The van der Waals surface area contributed by atoms with Gasteiger partial charge in [0.2, 0.25) is 0 Å². The molecule has 0 saturated carbocycles. The number of halogens is 2. The summed E-state index contributed by atoms with van der Waals surface area (Å²) in [5.74, 6) is -0.515. The predicted molar refractivity (Wildman–Crippen MR) is 90.9 cm³/mol. The van der Waals surface area contributed by atoms with Crippen LogP contribution in [0.4, 0.5) is 9.18 Å². The average molecular weight is 365 g/mol. The number of carbonyl (C=O) groups excluding carboxylic acids is 1. The molecule has 1 N–H and O–H groups in total. The van der Waals surface area contributed by atoms with Gasteiger partial charge in [-0.2, -0.15) is 0 Å². The Hall–Kier alpha value is -2.41. The molecule has 25 heavy (non-hydrogen) atoms. The van der Waals surface area contributed by atoms with Crippen LogP contribution in [0.3, 0.4) is 0 Å². The van der Waals surface area contributed by atoms with Gasteiger partial charge < -0.3 is 15.0 Å². The first kappa shape index (κ1) is 17.4. The van der Waals surface area contributed by atoms with Crippen LogP contribution in [0.5, 0.6) is 6.01 Å². The highest BCUT2D eigenvalue weighted by Gasteiger charge is 2.25. The van der Waals surface area contributed by atoms with Gasteiger partial charge in [-0.3, -0.25) is 0 Å². The molecule has 1 aliphatic heterocycles. The fourth-order valence-electron chi connectivity index (χ4n) is 2.62. The molecule has 0 aliphatic carbocycles.